The van der Waals surface area contributed by atoms with E-state index < -0.39 is 0 Å². The summed E-state index contributed by atoms with van der Waals surface area (Å²) in [6.45, 7) is 5.46. The van der Waals surface area contributed by atoms with Crippen molar-refractivity contribution >= 4 is 17.6 Å². The molecular formula is C15H17N5O2. The average Bonchev–Trinajstić information content (AvgIpc) is 2.96. The van der Waals surface area contributed by atoms with Crippen LogP contribution in [0, 0.1) is 0 Å². The van der Waals surface area contributed by atoms with Crippen LogP contribution in [-0.4, -0.2) is 32.3 Å². The molecule has 0 saturated carbocycles. The molecule has 0 saturated heterocycles. The van der Waals surface area contributed by atoms with E-state index in [1.807, 2.05) is 51.1 Å². The van der Waals surface area contributed by atoms with Crippen molar-refractivity contribution in [1.29, 1.82) is 0 Å². The Morgan fingerprint density at radius 3 is 2.73 bits per heavy atom. The first kappa shape index (κ1) is 14.2. The quantitative estimate of drug-likeness (QED) is 0.873. The van der Waals surface area contributed by atoms with E-state index in [9.17, 15) is 4.79 Å². The molecule has 0 fully saturated rings. The lowest BCUT2D eigenvalue weighted by Gasteiger charge is -2.28. The highest BCUT2D eigenvalue weighted by atomic mass is 16.5. The number of carbonyl (C=O) groups excluding carboxylic acids is 1. The summed E-state index contributed by atoms with van der Waals surface area (Å²) < 4.78 is 6.89. The lowest BCUT2D eigenvalue weighted by Crippen LogP contribution is -2.29. The summed E-state index contributed by atoms with van der Waals surface area (Å²) in [5.41, 5.74) is 2.13. The molecule has 0 amide bonds. The van der Waals surface area contributed by atoms with Crippen LogP contribution in [0.5, 0.6) is 0 Å². The van der Waals surface area contributed by atoms with E-state index in [1.54, 1.807) is 0 Å². The highest BCUT2D eigenvalue weighted by molar-refractivity contribution is 5.97. The zero-order valence-electron chi connectivity index (χ0n) is 12.6. The molecule has 2 heterocycles. The van der Waals surface area contributed by atoms with Gasteiger partial charge in [-0.15, -0.1) is 0 Å². The minimum atomic E-state index is -0.366. The third-order valence-corrected chi connectivity index (χ3v) is 3.43. The van der Waals surface area contributed by atoms with Gasteiger partial charge in [0.05, 0.1) is 23.4 Å². The summed E-state index contributed by atoms with van der Waals surface area (Å²) >= 11 is 0. The Bertz CT molecular complexity index is 721. The second-order valence-corrected chi connectivity index (χ2v) is 5.36. The molecule has 1 aromatic heterocycles. The van der Waals surface area contributed by atoms with Gasteiger partial charge in [-0.05, 0) is 36.8 Å². The summed E-state index contributed by atoms with van der Waals surface area (Å²) in [6.07, 6.45) is -0.195. The molecule has 114 valence electrons. The maximum absolute atomic E-state index is 12.5. The Morgan fingerprint density at radius 2 is 2.05 bits per heavy atom. The molecule has 0 bridgehead atoms. The first-order valence-corrected chi connectivity index (χ1v) is 7.10. The molecule has 3 rings (SSSR count). The van der Waals surface area contributed by atoms with Crippen molar-refractivity contribution in [3.05, 3.63) is 41.5 Å². The van der Waals surface area contributed by atoms with Crippen molar-refractivity contribution in [3.8, 4) is 0 Å². The minimum Gasteiger partial charge on any atom is -0.459 e. The normalized spacial score (nSPS) is 17.2. The van der Waals surface area contributed by atoms with Gasteiger partial charge in [-0.25, -0.2) is 4.79 Å². The fourth-order valence-electron chi connectivity index (χ4n) is 2.47. The highest BCUT2D eigenvalue weighted by Gasteiger charge is 2.33. The summed E-state index contributed by atoms with van der Waals surface area (Å²) in [7, 11) is 0. The van der Waals surface area contributed by atoms with Gasteiger partial charge in [-0.3, -0.25) is 0 Å². The molecule has 0 spiro atoms. The third-order valence-electron chi connectivity index (χ3n) is 3.43. The maximum atomic E-state index is 12.5. The van der Waals surface area contributed by atoms with Crippen LogP contribution in [0.15, 0.2) is 35.9 Å². The van der Waals surface area contributed by atoms with Crippen molar-refractivity contribution in [3.63, 3.8) is 0 Å². The number of ether oxygens (including phenoxy) is 1. The number of tetrazole rings is 1. The first-order chi connectivity index (χ1) is 10.6. The molecule has 7 nitrogen and oxygen atoms in total. The number of anilines is 1. The third kappa shape index (κ3) is 2.45. The zero-order valence-corrected chi connectivity index (χ0v) is 12.6. The highest BCUT2D eigenvalue weighted by Crippen LogP contribution is 2.34. The van der Waals surface area contributed by atoms with Crippen LogP contribution < -0.4 is 5.32 Å². The van der Waals surface area contributed by atoms with E-state index >= 15 is 0 Å². The molecule has 1 unspecified atom stereocenters. The predicted molar refractivity (Wildman–Crippen MR) is 80.7 cm³/mol. The van der Waals surface area contributed by atoms with Crippen molar-refractivity contribution in [2.45, 2.75) is 32.9 Å². The number of hydrogen-bond donors (Lipinski definition) is 1. The van der Waals surface area contributed by atoms with Crippen LogP contribution in [0.3, 0.4) is 0 Å². The molecule has 22 heavy (non-hydrogen) atoms. The molecule has 1 aliphatic heterocycles. The van der Waals surface area contributed by atoms with Gasteiger partial charge in [-0.1, -0.05) is 35.4 Å². The number of allylic oxidation sites excluding steroid dienone is 1. The van der Waals surface area contributed by atoms with Crippen LogP contribution >= 0.6 is 0 Å². The number of nitrogens with one attached hydrogen (secondary N) is 1. The Kier molecular flexibility index (Phi) is 3.62. The average molecular weight is 299 g/mol. The Morgan fingerprint density at radius 1 is 1.32 bits per heavy atom. The van der Waals surface area contributed by atoms with Crippen LogP contribution in [0.25, 0.3) is 5.70 Å². The van der Waals surface area contributed by atoms with E-state index in [0.29, 0.717) is 17.2 Å². The largest absolute Gasteiger partial charge is 0.459 e. The molecule has 0 aliphatic carbocycles. The maximum Gasteiger partial charge on any atom is 0.338 e. The summed E-state index contributed by atoms with van der Waals surface area (Å²) in [4.78, 5) is 12.5. The Hall–Kier alpha value is -2.70. The molecular weight excluding hydrogens is 282 g/mol. The van der Waals surface area contributed by atoms with Crippen LogP contribution in [0.2, 0.25) is 0 Å². The second-order valence-electron chi connectivity index (χ2n) is 5.36. The lowest BCUT2D eigenvalue weighted by molar-refractivity contribution is -0.142. The number of carbonyl (C=O) groups is 1. The van der Waals surface area contributed by atoms with Gasteiger partial charge in [0.2, 0.25) is 5.95 Å². The monoisotopic (exact) mass is 299 g/mol. The lowest BCUT2D eigenvalue weighted by atomic mass is 9.96. The van der Waals surface area contributed by atoms with Crippen LogP contribution in [0.4, 0.5) is 5.95 Å². The first-order valence-electron chi connectivity index (χ1n) is 7.10. The Labute approximate surface area is 128 Å². The molecule has 1 aliphatic rings. The van der Waals surface area contributed by atoms with Gasteiger partial charge < -0.3 is 10.1 Å². The van der Waals surface area contributed by atoms with E-state index in [-0.39, 0.29) is 18.1 Å². The van der Waals surface area contributed by atoms with E-state index in [4.69, 9.17) is 4.74 Å². The zero-order chi connectivity index (χ0) is 15.7. The molecule has 1 N–H and O–H groups in total. The van der Waals surface area contributed by atoms with Gasteiger partial charge >= 0.3 is 5.97 Å². The fourth-order valence-corrected chi connectivity index (χ4v) is 2.47. The summed E-state index contributed by atoms with van der Waals surface area (Å²) in [6, 6.07) is 9.34. The molecule has 0 radical (unpaired) electrons. The molecule has 2 aromatic rings. The SMILES string of the molecule is CC1=C(C(=O)OC(C)C)C(c2ccccc2)Nc2nnnn21. The van der Waals surface area contributed by atoms with Crippen molar-refractivity contribution in [1.82, 2.24) is 20.2 Å². The topological polar surface area (TPSA) is 81.9 Å². The molecule has 7 heteroatoms. The number of aromatic nitrogens is 4. The minimum absolute atomic E-state index is 0.195. The van der Waals surface area contributed by atoms with Crippen molar-refractivity contribution in [2.24, 2.45) is 0 Å². The van der Waals surface area contributed by atoms with Crippen LogP contribution in [0.1, 0.15) is 32.4 Å². The van der Waals surface area contributed by atoms with Gasteiger partial charge in [0.1, 0.15) is 0 Å². The van der Waals surface area contributed by atoms with Gasteiger partial charge in [-0.2, -0.15) is 4.68 Å². The smallest absolute Gasteiger partial charge is 0.338 e. The van der Waals surface area contributed by atoms with Gasteiger partial charge in [0.25, 0.3) is 0 Å². The van der Waals surface area contributed by atoms with Gasteiger partial charge in [0.15, 0.2) is 0 Å². The molecule has 1 atom stereocenters. The number of esters is 1. The summed E-state index contributed by atoms with van der Waals surface area (Å²) in [5, 5.41) is 14.7. The fraction of sp³-hybridized carbons (Fsp3) is 0.333. The van der Waals surface area contributed by atoms with Crippen molar-refractivity contribution < 1.29 is 9.53 Å². The number of benzene rings is 1. The molecule has 1 aromatic carbocycles. The van der Waals surface area contributed by atoms with E-state index in [1.165, 1.54) is 4.68 Å². The second kappa shape index (κ2) is 5.59. The van der Waals surface area contributed by atoms with E-state index in [2.05, 4.69) is 20.8 Å². The van der Waals surface area contributed by atoms with Crippen LogP contribution in [-0.2, 0) is 9.53 Å². The number of fused-ring (bicyclic) bond motifs is 1. The number of nitrogens with zero attached hydrogens (tertiary/aromatic N) is 4. The van der Waals surface area contributed by atoms with Crippen molar-refractivity contribution in [2.75, 3.05) is 5.32 Å². The standard InChI is InChI=1S/C15H17N5O2/c1-9(2)22-14(21)12-10(3)20-15(17-18-19-20)16-13(12)11-7-5-4-6-8-11/h4-9,13H,1-3H3,(H,16,17,19). The van der Waals surface area contributed by atoms with E-state index in [0.717, 1.165) is 5.56 Å². The summed E-state index contributed by atoms with van der Waals surface area (Å²) in [5.74, 6) is 0.141. The number of hydrogen-bond acceptors (Lipinski definition) is 6. The Balaban J connectivity index is 2.09. The predicted octanol–water partition coefficient (Wildman–Crippen LogP) is 2.02. The van der Waals surface area contributed by atoms with Gasteiger partial charge in [0, 0.05) is 0 Å². The number of rotatable bonds is 3.